The van der Waals surface area contributed by atoms with Crippen molar-refractivity contribution in [2.24, 2.45) is 0 Å². The van der Waals surface area contributed by atoms with Crippen molar-refractivity contribution in [3.8, 4) is 5.75 Å². The van der Waals surface area contributed by atoms with E-state index in [2.05, 4.69) is 5.32 Å². The summed E-state index contributed by atoms with van der Waals surface area (Å²) in [4.78, 5) is 30.1. The fourth-order valence-corrected chi connectivity index (χ4v) is 7.43. The minimum absolute atomic E-state index is 0.0115. The molecular formula is C38H42FN3O5S. The lowest BCUT2D eigenvalue weighted by Gasteiger charge is -2.35. The third-order valence-corrected chi connectivity index (χ3v) is 10.3. The Morgan fingerprint density at radius 2 is 1.44 bits per heavy atom. The third kappa shape index (κ3) is 9.01. The maximum absolute atomic E-state index is 14.6. The Bertz CT molecular complexity index is 1730. The second-order valence-electron chi connectivity index (χ2n) is 11.9. The molecule has 1 aliphatic rings. The molecule has 1 N–H and O–H groups in total. The lowest BCUT2D eigenvalue weighted by atomic mass is 9.94. The second kappa shape index (κ2) is 16.4. The second-order valence-corrected chi connectivity index (χ2v) is 13.8. The predicted octanol–water partition coefficient (Wildman–Crippen LogP) is 6.51. The number of hydrogen-bond acceptors (Lipinski definition) is 5. The summed E-state index contributed by atoms with van der Waals surface area (Å²) in [7, 11) is -4.35. The standard InChI is InChI=1S/C38H42FN3O5S/c1-2-47-34-22-20-33(21-23-34)42(48(45,46)35-24-18-31(39)19-25-35)28-37(43)41(27-30-14-8-4-9-15-30)36(26-29-12-6-3-7-13-29)38(44)40-32-16-10-5-11-17-32/h3-4,6-9,12-15,18-25,32,36H,2,5,10-11,16-17,26-28H2,1H3,(H,40,44). The smallest absolute Gasteiger partial charge is 0.264 e. The average Bonchev–Trinajstić information content (AvgIpc) is 3.10. The maximum Gasteiger partial charge on any atom is 0.264 e. The van der Waals surface area contributed by atoms with Gasteiger partial charge in [-0.2, -0.15) is 0 Å². The van der Waals surface area contributed by atoms with Gasteiger partial charge in [0.2, 0.25) is 11.8 Å². The number of carbonyl (C=O) groups excluding carboxylic acids is 2. The van der Waals surface area contributed by atoms with Gasteiger partial charge in [-0.25, -0.2) is 12.8 Å². The molecule has 1 aliphatic carbocycles. The minimum atomic E-state index is -4.35. The summed E-state index contributed by atoms with van der Waals surface area (Å²) in [5.41, 5.74) is 1.89. The van der Waals surface area contributed by atoms with Crippen molar-refractivity contribution in [1.29, 1.82) is 0 Å². The van der Waals surface area contributed by atoms with E-state index < -0.39 is 34.3 Å². The zero-order chi connectivity index (χ0) is 33.9. The van der Waals surface area contributed by atoms with Crippen LogP contribution < -0.4 is 14.4 Å². The normalized spacial score (nSPS) is 14.1. The first-order valence-corrected chi connectivity index (χ1v) is 17.9. The van der Waals surface area contributed by atoms with Crippen molar-refractivity contribution in [2.75, 3.05) is 17.5 Å². The molecule has 252 valence electrons. The number of rotatable bonds is 14. The fourth-order valence-electron chi connectivity index (χ4n) is 6.02. The molecular weight excluding hydrogens is 629 g/mol. The van der Waals surface area contributed by atoms with Crippen LogP contribution >= 0.6 is 0 Å². The quantitative estimate of drug-likeness (QED) is 0.165. The molecule has 5 rings (SSSR count). The van der Waals surface area contributed by atoms with E-state index in [9.17, 15) is 22.4 Å². The lowest BCUT2D eigenvalue weighted by molar-refractivity contribution is -0.140. The highest BCUT2D eigenvalue weighted by molar-refractivity contribution is 7.92. The van der Waals surface area contributed by atoms with Crippen LogP contribution in [0, 0.1) is 5.82 Å². The first-order chi connectivity index (χ1) is 23.2. The van der Waals surface area contributed by atoms with Crippen LogP contribution in [-0.4, -0.2) is 50.4 Å². The first-order valence-electron chi connectivity index (χ1n) is 16.4. The first kappa shape index (κ1) is 34.6. The number of halogens is 1. The van der Waals surface area contributed by atoms with Crippen molar-refractivity contribution in [1.82, 2.24) is 10.2 Å². The number of sulfonamides is 1. The van der Waals surface area contributed by atoms with E-state index in [1.54, 1.807) is 24.3 Å². The molecule has 1 unspecified atom stereocenters. The van der Waals surface area contributed by atoms with Crippen LogP contribution in [0.5, 0.6) is 5.75 Å². The van der Waals surface area contributed by atoms with Crippen LogP contribution in [0.15, 0.2) is 114 Å². The highest BCUT2D eigenvalue weighted by Crippen LogP contribution is 2.27. The molecule has 10 heteroatoms. The van der Waals surface area contributed by atoms with Crippen molar-refractivity contribution < 1.29 is 27.1 Å². The molecule has 0 heterocycles. The highest BCUT2D eigenvalue weighted by Gasteiger charge is 2.35. The Balaban J connectivity index is 1.55. The van der Waals surface area contributed by atoms with Crippen LogP contribution in [0.1, 0.15) is 50.2 Å². The topological polar surface area (TPSA) is 96.0 Å². The van der Waals surface area contributed by atoms with E-state index in [1.165, 1.54) is 17.0 Å². The van der Waals surface area contributed by atoms with Gasteiger partial charge in [0.05, 0.1) is 17.2 Å². The molecule has 4 aromatic carbocycles. The van der Waals surface area contributed by atoms with Crippen LogP contribution in [0.4, 0.5) is 10.1 Å². The number of carbonyl (C=O) groups is 2. The van der Waals surface area contributed by atoms with Gasteiger partial charge in [0.25, 0.3) is 10.0 Å². The number of nitrogens with zero attached hydrogens (tertiary/aromatic N) is 2. The molecule has 4 aromatic rings. The van der Waals surface area contributed by atoms with Gasteiger partial charge >= 0.3 is 0 Å². The van der Waals surface area contributed by atoms with Crippen molar-refractivity contribution in [3.05, 3.63) is 126 Å². The zero-order valence-corrected chi connectivity index (χ0v) is 27.9. The lowest BCUT2D eigenvalue weighted by Crippen LogP contribution is -2.55. The summed E-state index contributed by atoms with van der Waals surface area (Å²) >= 11 is 0. The summed E-state index contributed by atoms with van der Waals surface area (Å²) < 4.78 is 48.7. The van der Waals surface area contributed by atoms with Gasteiger partial charge in [0, 0.05) is 19.0 Å². The number of ether oxygens (including phenoxy) is 1. The highest BCUT2D eigenvalue weighted by atomic mass is 32.2. The molecule has 1 atom stereocenters. The average molecular weight is 672 g/mol. The zero-order valence-electron chi connectivity index (χ0n) is 27.1. The van der Waals surface area contributed by atoms with Gasteiger partial charge in [-0.05, 0) is 79.4 Å². The summed E-state index contributed by atoms with van der Waals surface area (Å²) in [5.74, 6) is -0.874. The van der Waals surface area contributed by atoms with Crippen LogP contribution in [0.2, 0.25) is 0 Å². The van der Waals surface area contributed by atoms with Crippen molar-refractivity contribution in [3.63, 3.8) is 0 Å². The van der Waals surface area contributed by atoms with Gasteiger partial charge in [-0.1, -0.05) is 79.9 Å². The molecule has 0 aliphatic heterocycles. The van der Waals surface area contributed by atoms with Crippen LogP contribution in [0.3, 0.4) is 0 Å². The van der Waals surface area contributed by atoms with Crippen molar-refractivity contribution in [2.45, 2.75) is 69.0 Å². The van der Waals surface area contributed by atoms with E-state index in [0.717, 1.165) is 59.7 Å². The van der Waals surface area contributed by atoms with E-state index in [-0.39, 0.29) is 35.5 Å². The Labute approximate surface area is 282 Å². The summed E-state index contributed by atoms with van der Waals surface area (Å²) in [6.45, 7) is 1.76. The molecule has 0 bridgehead atoms. The molecule has 0 aromatic heterocycles. The monoisotopic (exact) mass is 671 g/mol. The molecule has 2 amide bonds. The molecule has 48 heavy (non-hydrogen) atoms. The Morgan fingerprint density at radius 1 is 0.833 bits per heavy atom. The third-order valence-electron chi connectivity index (χ3n) is 8.53. The van der Waals surface area contributed by atoms with E-state index in [4.69, 9.17) is 4.74 Å². The SMILES string of the molecule is CCOc1ccc(N(CC(=O)N(Cc2ccccc2)C(Cc2ccccc2)C(=O)NC2CCCCC2)S(=O)(=O)c2ccc(F)cc2)cc1. The maximum atomic E-state index is 14.6. The summed E-state index contributed by atoms with van der Waals surface area (Å²) in [5, 5.41) is 3.21. The van der Waals surface area contributed by atoms with Gasteiger partial charge < -0.3 is 15.0 Å². The summed E-state index contributed by atoms with van der Waals surface area (Å²) in [6, 6.07) is 28.8. The Kier molecular flexibility index (Phi) is 11.8. The predicted molar refractivity (Wildman–Crippen MR) is 184 cm³/mol. The Morgan fingerprint density at radius 3 is 2.04 bits per heavy atom. The minimum Gasteiger partial charge on any atom is -0.494 e. The molecule has 0 saturated heterocycles. The van der Waals surface area contributed by atoms with E-state index >= 15 is 0 Å². The van der Waals surface area contributed by atoms with Gasteiger partial charge in [0.1, 0.15) is 24.2 Å². The number of anilines is 1. The number of nitrogens with one attached hydrogen (secondary N) is 1. The van der Waals surface area contributed by atoms with E-state index in [1.807, 2.05) is 67.6 Å². The largest absolute Gasteiger partial charge is 0.494 e. The molecule has 8 nitrogen and oxygen atoms in total. The van der Waals surface area contributed by atoms with Crippen LogP contribution in [-0.2, 0) is 32.6 Å². The van der Waals surface area contributed by atoms with Crippen molar-refractivity contribution >= 4 is 27.5 Å². The van der Waals surface area contributed by atoms with Gasteiger partial charge in [0.15, 0.2) is 0 Å². The molecule has 0 spiro atoms. The van der Waals surface area contributed by atoms with Gasteiger partial charge in [-0.15, -0.1) is 0 Å². The van der Waals surface area contributed by atoms with E-state index in [0.29, 0.717) is 12.4 Å². The number of hydrogen-bond donors (Lipinski definition) is 1. The molecule has 1 fully saturated rings. The van der Waals surface area contributed by atoms with Crippen LogP contribution in [0.25, 0.3) is 0 Å². The molecule has 1 saturated carbocycles. The fraction of sp³-hybridized carbons (Fsp3) is 0.316. The number of benzene rings is 4. The van der Waals surface area contributed by atoms with Gasteiger partial charge in [-0.3, -0.25) is 13.9 Å². The Hall–Kier alpha value is -4.70. The number of amides is 2. The molecule has 0 radical (unpaired) electrons. The summed E-state index contributed by atoms with van der Waals surface area (Å²) in [6.07, 6.45) is 5.17.